The van der Waals surface area contributed by atoms with Crippen molar-refractivity contribution in [1.82, 2.24) is 10.6 Å². The zero-order valence-electron chi connectivity index (χ0n) is 12.7. The van der Waals surface area contributed by atoms with Gasteiger partial charge in [0, 0.05) is 25.1 Å². The monoisotopic (exact) mass is 272 g/mol. The third-order valence-electron chi connectivity index (χ3n) is 4.82. The molecule has 1 aliphatic rings. The Morgan fingerprint density at radius 1 is 1.47 bits per heavy atom. The quantitative estimate of drug-likeness (QED) is 0.688. The molecule has 19 heavy (non-hydrogen) atoms. The molecule has 0 aromatic heterocycles. The van der Waals surface area contributed by atoms with Gasteiger partial charge in [-0.25, -0.2) is 4.79 Å². The lowest BCUT2D eigenvalue weighted by atomic mass is 9.56. The fourth-order valence-electron chi connectivity index (χ4n) is 2.49. The highest BCUT2D eigenvalue weighted by Crippen LogP contribution is 2.51. The lowest BCUT2D eigenvalue weighted by Crippen LogP contribution is -2.69. The van der Waals surface area contributed by atoms with Crippen molar-refractivity contribution in [3.8, 4) is 0 Å². The zero-order valence-corrected chi connectivity index (χ0v) is 12.7. The lowest BCUT2D eigenvalue weighted by molar-refractivity contribution is -0.177. The summed E-state index contributed by atoms with van der Waals surface area (Å²) in [6, 6.07) is -0.0481. The lowest BCUT2D eigenvalue weighted by Gasteiger charge is -2.59. The number of carbonyl (C=O) groups is 1. The molecule has 0 aliphatic heterocycles. The maximum absolute atomic E-state index is 11.8. The average molecular weight is 272 g/mol. The normalized spacial score (nSPS) is 30.3. The number of aliphatic hydroxyl groups excluding tert-OH is 1. The standard InChI is InChI=1S/C14H28N2O3/c1-6-10(17)7-8-15-12(18)16-11-9-14(4,19-5)13(11,2)3/h10-11,17H,6-9H2,1-5H3,(H2,15,16,18). The highest BCUT2D eigenvalue weighted by molar-refractivity contribution is 5.74. The number of carbonyl (C=O) groups excluding carboxylic acids is 1. The van der Waals surface area contributed by atoms with E-state index in [1.807, 2.05) is 6.92 Å². The Hall–Kier alpha value is -0.810. The van der Waals surface area contributed by atoms with Crippen molar-refractivity contribution in [3.63, 3.8) is 0 Å². The minimum Gasteiger partial charge on any atom is -0.393 e. The molecule has 1 fully saturated rings. The van der Waals surface area contributed by atoms with Crippen LogP contribution >= 0.6 is 0 Å². The largest absolute Gasteiger partial charge is 0.393 e. The molecule has 5 heteroatoms. The van der Waals surface area contributed by atoms with E-state index in [2.05, 4.69) is 31.4 Å². The smallest absolute Gasteiger partial charge is 0.315 e. The number of amides is 2. The number of ether oxygens (including phenoxy) is 1. The molecule has 1 saturated carbocycles. The number of methoxy groups -OCH3 is 1. The minimum atomic E-state index is -0.336. The van der Waals surface area contributed by atoms with E-state index in [0.29, 0.717) is 19.4 Å². The van der Waals surface area contributed by atoms with Crippen LogP contribution in [0.15, 0.2) is 0 Å². The predicted molar refractivity (Wildman–Crippen MR) is 75.0 cm³/mol. The van der Waals surface area contributed by atoms with Gasteiger partial charge in [-0.3, -0.25) is 0 Å². The summed E-state index contributed by atoms with van der Waals surface area (Å²) in [5.41, 5.74) is -0.259. The summed E-state index contributed by atoms with van der Waals surface area (Å²) in [7, 11) is 1.71. The zero-order chi connectivity index (χ0) is 14.7. The molecule has 3 unspecified atom stereocenters. The van der Waals surface area contributed by atoms with Crippen LogP contribution in [0.25, 0.3) is 0 Å². The highest BCUT2D eigenvalue weighted by Gasteiger charge is 2.58. The highest BCUT2D eigenvalue weighted by atomic mass is 16.5. The number of rotatable bonds is 6. The molecule has 0 aromatic carbocycles. The summed E-state index contributed by atoms with van der Waals surface area (Å²) in [4.78, 5) is 11.8. The van der Waals surface area contributed by atoms with Crippen molar-refractivity contribution in [3.05, 3.63) is 0 Å². The Morgan fingerprint density at radius 2 is 2.11 bits per heavy atom. The van der Waals surface area contributed by atoms with Crippen molar-refractivity contribution < 1.29 is 14.6 Å². The molecular weight excluding hydrogens is 244 g/mol. The third-order valence-corrected chi connectivity index (χ3v) is 4.82. The first-order valence-electron chi connectivity index (χ1n) is 7.04. The third kappa shape index (κ3) is 3.39. The summed E-state index contributed by atoms with van der Waals surface area (Å²) >= 11 is 0. The van der Waals surface area contributed by atoms with E-state index < -0.39 is 0 Å². The molecule has 1 rings (SSSR count). The number of urea groups is 1. The van der Waals surface area contributed by atoms with E-state index in [1.54, 1.807) is 7.11 Å². The van der Waals surface area contributed by atoms with Gasteiger partial charge in [0.15, 0.2) is 0 Å². The maximum Gasteiger partial charge on any atom is 0.315 e. The van der Waals surface area contributed by atoms with Gasteiger partial charge in [0.25, 0.3) is 0 Å². The van der Waals surface area contributed by atoms with E-state index >= 15 is 0 Å². The first-order chi connectivity index (χ1) is 8.76. The first kappa shape index (κ1) is 16.2. The molecule has 0 bridgehead atoms. The topological polar surface area (TPSA) is 70.6 Å². The second kappa shape index (κ2) is 6.09. The van der Waals surface area contributed by atoms with Crippen molar-refractivity contribution in [2.75, 3.05) is 13.7 Å². The Bertz CT molecular complexity index is 320. The molecule has 1 aliphatic carbocycles. The van der Waals surface area contributed by atoms with E-state index in [1.165, 1.54) is 0 Å². The van der Waals surface area contributed by atoms with Gasteiger partial charge in [0.2, 0.25) is 0 Å². The summed E-state index contributed by atoms with van der Waals surface area (Å²) in [5.74, 6) is 0. The number of hydrogen-bond acceptors (Lipinski definition) is 3. The van der Waals surface area contributed by atoms with Crippen LogP contribution in [0.4, 0.5) is 4.79 Å². The number of nitrogens with one attached hydrogen (secondary N) is 2. The second-order valence-corrected chi connectivity index (χ2v) is 6.16. The van der Waals surface area contributed by atoms with Gasteiger partial charge in [0.1, 0.15) is 0 Å². The summed E-state index contributed by atoms with van der Waals surface area (Å²) in [5, 5.41) is 15.2. The van der Waals surface area contributed by atoms with Gasteiger partial charge >= 0.3 is 6.03 Å². The Morgan fingerprint density at radius 3 is 2.58 bits per heavy atom. The molecule has 0 saturated heterocycles. The van der Waals surface area contributed by atoms with Gasteiger partial charge in [-0.1, -0.05) is 20.8 Å². The van der Waals surface area contributed by atoms with Gasteiger partial charge in [-0.2, -0.15) is 0 Å². The van der Waals surface area contributed by atoms with Crippen molar-refractivity contribution in [2.45, 2.75) is 64.7 Å². The number of hydrogen-bond donors (Lipinski definition) is 3. The fourth-order valence-corrected chi connectivity index (χ4v) is 2.49. The second-order valence-electron chi connectivity index (χ2n) is 6.16. The van der Waals surface area contributed by atoms with Crippen LogP contribution in [-0.4, -0.2) is 42.5 Å². The molecule has 0 spiro atoms. The molecule has 0 aromatic rings. The fraction of sp³-hybridized carbons (Fsp3) is 0.929. The summed E-state index contributed by atoms with van der Waals surface area (Å²) in [6.45, 7) is 8.70. The van der Waals surface area contributed by atoms with E-state index in [9.17, 15) is 9.90 Å². The van der Waals surface area contributed by atoms with Gasteiger partial charge in [-0.05, 0) is 26.2 Å². The van der Waals surface area contributed by atoms with E-state index in [-0.39, 0.29) is 29.2 Å². The molecule has 112 valence electrons. The van der Waals surface area contributed by atoms with Crippen molar-refractivity contribution >= 4 is 6.03 Å². The predicted octanol–water partition coefficient (Wildman–Crippen LogP) is 1.65. The van der Waals surface area contributed by atoms with E-state index in [4.69, 9.17) is 4.74 Å². The van der Waals surface area contributed by atoms with Crippen LogP contribution in [-0.2, 0) is 4.74 Å². The molecule has 3 N–H and O–H groups in total. The Kier molecular flexibility index (Phi) is 5.21. The van der Waals surface area contributed by atoms with Gasteiger partial charge < -0.3 is 20.5 Å². The molecule has 2 amide bonds. The Labute approximate surface area is 116 Å². The van der Waals surface area contributed by atoms with Crippen LogP contribution < -0.4 is 10.6 Å². The van der Waals surface area contributed by atoms with Crippen LogP contribution in [0, 0.1) is 5.41 Å². The average Bonchev–Trinajstić information content (AvgIpc) is 2.37. The van der Waals surface area contributed by atoms with E-state index in [0.717, 1.165) is 6.42 Å². The van der Waals surface area contributed by atoms with Crippen molar-refractivity contribution in [2.24, 2.45) is 5.41 Å². The molecule has 3 atom stereocenters. The minimum absolute atomic E-state index is 0.0813. The number of aliphatic hydroxyl groups is 1. The molecule has 0 radical (unpaired) electrons. The molecular formula is C14H28N2O3. The van der Waals surface area contributed by atoms with Crippen LogP contribution in [0.2, 0.25) is 0 Å². The van der Waals surface area contributed by atoms with Crippen LogP contribution in [0.5, 0.6) is 0 Å². The summed E-state index contributed by atoms with van der Waals surface area (Å²) in [6.07, 6.45) is 1.79. The molecule has 5 nitrogen and oxygen atoms in total. The SMILES string of the molecule is CCC(O)CCNC(=O)NC1CC(C)(OC)C1(C)C. The maximum atomic E-state index is 11.8. The van der Waals surface area contributed by atoms with Gasteiger partial charge in [0.05, 0.1) is 11.7 Å². The van der Waals surface area contributed by atoms with Gasteiger partial charge in [-0.15, -0.1) is 0 Å². The molecule has 0 heterocycles. The van der Waals surface area contributed by atoms with Crippen molar-refractivity contribution in [1.29, 1.82) is 0 Å². The van der Waals surface area contributed by atoms with Crippen LogP contribution in [0.1, 0.15) is 47.0 Å². The Balaban J connectivity index is 2.31. The summed E-state index contributed by atoms with van der Waals surface area (Å²) < 4.78 is 5.52. The van der Waals surface area contributed by atoms with Crippen LogP contribution in [0.3, 0.4) is 0 Å². The first-order valence-corrected chi connectivity index (χ1v) is 7.04.